The zero-order valence-electron chi connectivity index (χ0n) is 16.2. The molecule has 0 amide bonds. The molecule has 1 aliphatic carbocycles. The van der Waals surface area contributed by atoms with Crippen LogP contribution in [0.5, 0.6) is 0 Å². The minimum Gasteiger partial charge on any atom is -0.741 e. The van der Waals surface area contributed by atoms with E-state index in [1.54, 1.807) is 0 Å². The van der Waals surface area contributed by atoms with E-state index in [0.29, 0.717) is 21.7 Å². The highest BCUT2D eigenvalue weighted by molar-refractivity contribution is 7.97. The van der Waals surface area contributed by atoms with Gasteiger partial charge in [0.1, 0.15) is 10.5 Å². The maximum absolute atomic E-state index is 10.7. The average Bonchev–Trinajstić information content (AvgIpc) is 2.57. The molecule has 1 aromatic carbocycles. The number of benzene rings is 1. The first kappa shape index (κ1) is 23.5. The Labute approximate surface area is 167 Å². The van der Waals surface area contributed by atoms with Crippen LogP contribution in [0.15, 0.2) is 30.3 Å². The predicted molar refractivity (Wildman–Crippen MR) is 104 cm³/mol. The molecule has 2 fully saturated rings. The molecule has 28 heavy (non-hydrogen) atoms. The zero-order valence-corrected chi connectivity index (χ0v) is 17.9. The number of halogens is 3. The van der Waals surface area contributed by atoms with E-state index in [9.17, 15) is 13.2 Å². The molecule has 2 aliphatic rings. The van der Waals surface area contributed by atoms with Gasteiger partial charge in [0.2, 0.25) is 5.94 Å². The first-order valence-electron chi connectivity index (χ1n) is 9.17. The van der Waals surface area contributed by atoms with Gasteiger partial charge >= 0.3 is 5.51 Å². The van der Waals surface area contributed by atoms with Gasteiger partial charge in [-0.3, -0.25) is 0 Å². The molecular weight excluding hydrogens is 413 g/mol. The normalized spacial score (nSPS) is 30.0. The van der Waals surface area contributed by atoms with Crippen LogP contribution in [-0.4, -0.2) is 35.3 Å². The van der Waals surface area contributed by atoms with Crippen LogP contribution in [0.4, 0.5) is 13.2 Å². The molecule has 1 unspecified atom stereocenters. The number of hydrogen-bond acceptors (Lipinski definition) is 4. The molecule has 1 heterocycles. The fraction of sp³-hybridized carbons (Fsp3) is 0.684. The van der Waals surface area contributed by atoms with Gasteiger partial charge in [-0.1, -0.05) is 43.7 Å². The van der Waals surface area contributed by atoms with E-state index in [2.05, 4.69) is 51.1 Å². The van der Waals surface area contributed by atoms with E-state index in [1.807, 2.05) is 0 Å². The summed E-state index contributed by atoms with van der Waals surface area (Å²) >= 11 is 0. The molecule has 160 valence electrons. The first-order valence-corrected chi connectivity index (χ1v) is 12.1. The maximum atomic E-state index is 10.7. The molecule has 0 spiro atoms. The molecule has 1 aliphatic heterocycles. The lowest BCUT2D eigenvalue weighted by atomic mass is 9.75. The summed E-state index contributed by atoms with van der Waals surface area (Å²) in [5.74, 6) is 3.77. The third kappa shape index (κ3) is 5.87. The molecular formula is C19H27F3O4S2. The van der Waals surface area contributed by atoms with Gasteiger partial charge in [-0.15, -0.1) is 0 Å². The molecule has 1 saturated carbocycles. The van der Waals surface area contributed by atoms with Crippen molar-refractivity contribution in [2.24, 2.45) is 11.8 Å². The Morgan fingerprint density at radius 2 is 1.79 bits per heavy atom. The monoisotopic (exact) mass is 440 g/mol. The van der Waals surface area contributed by atoms with Crippen molar-refractivity contribution in [2.45, 2.75) is 62.1 Å². The van der Waals surface area contributed by atoms with Crippen molar-refractivity contribution >= 4 is 21.0 Å². The highest BCUT2D eigenvalue weighted by Gasteiger charge is 2.54. The van der Waals surface area contributed by atoms with Crippen molar-refractivity contribution in [1.29, 1.82) is 0 Å². The third-order valence-electron chi connectivity index (χ3n) is 5.58. The molecule has 1 saturated heterocycles. The number of ether oxygens (including phenoxy) is 1. The van der Waals surface area contributed by atoms with Crippen LogP contribution in [0.25, 0.3) is 0 Å². The minimum absolute atomic E-state index is 0.342. The molecule has 0 bridgehead atoms. The molecule has 3 rings (SSSR count). The lowest BCUT2D eigenvalue weighted by Gasteiger charge is -2.46. The Morgan fingerprint density at radius 3 is 2.32 bits per heavy atom. The van der Waals surface area contributed by atoms with Crippen LogP contribution >= 0.6 is 0 Å². The number of alkyl halides is 3. The Hall–Kier alpha value is -0.770. The topological polar surface area (TPSA) is 66.4 Å². The molecule has 4 atom stereocenters. The maximum Gasteiger partial charge on any atom is 0.485 e. The number of rotatable bonds is 2. The summed E-state index contributed by atoms with van der Waals surface area (Å²) in [6, 6.07) is 10.9. The Kier molecular flexibility index (Phi) is 7.50. The first-order chi connectivity index (χ1) is 12.8. The van der Waals surface area contributed by atoms with Crippen molar-refractivity contribution < 1.29 is 30.9 Å². The van der Waals surface area contributed by atoms with Gasteiger partial charge in [0, 0.05) is 22.4 Å². The highest BCUT2D eigenvalue weighted by atomic mass is 32.2. The molecule has 4 nitrogen and oxygen atoms in total. The van der Waals surface area contributed by atoms with Gasteiger partial charge in [-0.05, 0) is 32.6 Å². The largest absolute Gasteiger partial charge is 0.741 e. The van der Waals surface area contributed by atoms with Gasteiger partial charge in [0.05, 0.1) is 6.10 Å². The number of hydrogen-bond donors (Lipinski definition) is 0. The highest BCUT2D eigenvalue weighted by Crippen LogP contribution is 2.46. The van der Waals surface area contributed by atoms with Crippen molar-refractivity contribution in [3.05, 3.63) is 35.9 Å². The second kappa shape index (κ2) is 8.93. The standard InChI is InChI=1S/C18H27OS.CHF3O3S/c1-14-9-10-16-17(11-14)19-13-20(18(16,2)3)12-15-7-5-4-6-8-15;2-1(3,4)8(5,6)7/h4-8,14,16-17H,9-13H2,1-3H3;(H,5,6,7)/q+1;/p-1/t14-,16-,17-,20?;/m1./s1. The van der Waals surface area contributed by atoms with Gasteiger partial charge in [0.25, 0.3) is 0 Å². The Bertz CT molecular complexity index is 735. The Balaban J connectivity index is 0.000000300. The van der Waals surface area contributed by atoms with Gasteiger partial charge < -0.3 is 9.29 Å². The average molecular weight is 441 g/mol. The van der Waals surface area contributed by atoms with Gasteiger partial charge in [-0.2, -0.15) is 13.2 Å². The van der Waals surface area contributed by atoms with Crippen LogP contribution < -0.4 is 0 Å². The smallest absolute Gasteiger partial charge is 0.485 e. The van der Waals surface area contributed by atoms with Crippen LogP contribution in [0.2, 0.25) is 0 Å². The third-order valence-corrected chi connectivity index (χ3v) is 9.04. The molecule has 1 aromatic rings. The molecule has 0 aromatic heterocycles. The van der Waals surface area contributed by atoms with E-state index >= 15 is 0 Å². The summed E-state index contributed by atoms with van der Waals surface area (Å²) in [6.45, 7) is 7.37. The fourth-order valence-electron chi connectivity index (χ4n) is 3.85. The van der Waals surface area contributed by atoms with Crippen LogP contribution in [-0.2, 0) is 31.5 Å². The van der Waals surface area contributed by atoms with Crippen molar-refractivity contribution in [3.8, 4) is 0 Å². The van der Waals surface area contributed by atoms with Gasteiger partial charge in [0.15, 0.2) is 10.1 Å². The lowest BCUT2D eigenvalue weighted by Crippen LogP contribution is -2.55. The van der Waals surface area contributed by atoms with E-state index in [4.69, 9.17) is 17.7 Å². The summed E-state index contributed by atoms with van der Waals surface area (Å²) in [4.78, 5) is 0. The summed E-state index contributed by atoms with van der Waals surface area (Å²) in [6.07, 6.45) is 4.54. The molecule has 0 N–H and O–H groups in total. The summed E-state index contributed by atoms with van der Waals surface area (Å²) < 4.78 is 65.6. The second-order valence-electron chi connectivity index (χ2n) is 7.97. The molecule has 0 radical (unpaired) electrons. The van der Waals surface area contributed by atoms with Crippen molar-refractivity contribution in [2.75, 3.05) is 5.94 Å². The minimum atomic E-state index is -6.09. The van der Waals surface area contributed by atoms with Crippen LogP contribution in [0, 0.1) is 11.8 Å². The zero-order chi connectivity index (χ0) is 21.2. The summed E-state index contributed by atoms with van der Waals surface area (Å²) in [5, 5.41) is 0. The lowest BCUT2D eigenvalue weighted by molar-refractivity contribution is -0.0517. The number of fused-ring (bicyclic) bond motifs is 1. The quantitative estimate of drug-likeness (QED) is 0.388. The Morgan fingerprint density at radius 1 is 1.21 bits per heavy atom. The summed E-state index contributed by atoms with van der Waals surface area (Å²) in [7, 11) is -5.75. The van der Waals surface area contributed by atoms with E-state index in [-0.39, 0.29) is 0 Å². The van der Waals surface area contributed by atoms with E-state index < -0.39 is 15.6 Å². The van der Waals surface area contributed by atoms with Crippen molar-refractivity contribution in [1.82, 2.24) is 0 Å². The molecule has 9 heteroatoms. The van der Waals surface area contributed by atoms with Gasteiger partial charge in [-0.25, -0.2) is 8.42 Å². The van der Waals surface area contributed by atoms with Crippen LogP contribution in [0.1, 0.15) is 45.6 Å². The van der Waals surface area contributed by atoms with E-state index in [0.717, 1.165) is 17.8 Å². The SMILES string of the molecule is C[C@@H]1CC[C@@H]2[C@@H](C1)OC[S+](Cc1ccccc1)C2(C)C.O=S(=O)([O-])C(F)(F)F. The second-order valence-corrected chi connectivity index (χ2v) is 11.9. The predicted octanol–water partition coefficient (Wildman–Crippen LogP) is 4.43. The van der Waals surface area contributed by atoms with Crippen molar-refractivity contribution in [3.63, 3.8) is 0 Å². The van der Waals surface area contributed by atoms with E-state index in [1.165, 1.54) is 30.6 Å². The summed E-state index contributed by atoms with van der Waals surface area (Å²) in [5.41, 5.74) is -4.18. The fourth-order valence-corrected chi connectivity index (χ4v) is 6.24. The van der Waals surface area contributed by atoms with Crippen LogP contribution in [0.3, 0.4) is 0 Å².